The summed E-state index contributed by atoms with van der Waals surface area (Å²) in [6, 6.07) is 1.97. The summed E-state index contributed by atoms with van der Waals surface area (Å²) in [5.41, 5.74) is 2.26. The smallest absolute Gasteiger partial charge is 0.231 e. The molecule has 0 aliphatic rings. The quantitative estimate of drug-likeness (QED) is 0.885. The summed E-state index contributed by atoms with van der Waals surface area (Å²) in [6.07, 6.45) is 3.60. The van der Waals surface area contributed by atoms with Gasteiger partial charge in [0.2, 0.25) is 17.2 Å². The van der Waals surface area contributed by atoms with Crippen molar-refractivity contribution in [1.82, 2.24) is 19.9 Å². The number of nitrogens with zero attached hydrogens (tertiary/aromatic N) is 5. The Morgan fingerprint density at radius 2 is 1.95 bits per heavy atom. The molecular weight excluding hydrogens is 288 g/mol. The number of aryl methyl sites for hydroxylation is 1. The summed E-state index contributed by atoms with van der Waals surface area (Å²) in [4.78, 5) is 18.8. The zero-order chi connectivity index (χ0) is 15.2. The predicted molar refractivity (Wildman–Crippen MR) is 84.7 cm³/mol. The molecule has 0 radical (unpaired) electrons. The maximum Gasteiger partial charge on any atom is 0.231 e. The number of pyridine rings is 1. The average molecular weight is 307 g/mol. The Kier molecular flexibility index (Phi) is 5.27. The van der Waals surface area contributed by atoms with Crippen LogP contribution >= 0.6 is 11.6 Å². The third-order valence-corrected chi connectivity index (χ3v) is 3.40. The highest BCUT2D eigenvalue weighted by Gasteiger charge is 2.10. The highest BCUT2D eigenvalue weighted by molar-refractivity contribution is 6.28. The Morgan fingerprint density at radius 1 is 1.19 bits per heavy atom. The number of rotatable bonds is 6. The van der Waals surface area contributed by atoms with Crippen LogP contribution in [0.25, 0.3) is 0 Å². The van der Waals surface area contributed by atoms with Gasteiger partial charge < -0.3 is 10.2 Å². The van der Waals surface area contributed by atoms with E-state index in [0.717, 1.165) is 18.7 Å². The molecule has 2 aromatic heterocycles. The summed E-state index contributed by atoms with van der Waals surface area (Å²) >= 11 is 5.98. The summed E-state index contributed by atoms with van der Waals surface area (Å²) in [5, 5.41) is 3.36. The van der Waals surface area contributed by atoms with E-state index in [2.05, 4.69) is 25.3 Å². The molecule has 0 saturated carbocycles. The third-order valence-electron chi connectivity index (χ3n) is 3.23. The highest BCUT2D eigenvalue weighted by atomic mass is 35.5. The molecule has 6 nitrogen and oxygen atoms in total. The van der Waals surface area contributed by atoms with Crippen LogP contribution in [0.2, 0.25) is 5.28 Å². The minimum atomic E-state index is 0.192. The van der Waals surface area contributed by atoms with Crippen molar-refractivity contribution in [2.75, 3.05) is 23.3 Å². The molecule has 0 aliphatic heterocycles. The van der Waals surface area contributed by atoms with Crippen LogP contribution < -0.4 is 10.2 Å². The fourth-order valence-corrected chi connectivity index (χ4v) is 2.08. The van der Waals surface area contributed by atoms with E-state index in [1.54, 1.807) is 6.20 Å². The molecule has 1 N–H and O–H groups in total. The summed E-state index contributed by atoms with van der Waals surface area (Å²) in [5.74, 6) is 1.06. The van der Waals surface area contributed by atoms with Crippen molar-refractivity contribution in [3.05, 3.63) is 34.9 Å². The van der Waals surface area contributed by atoms with Gasteiger partial charge in [-0.25, -0.2) is 0 Å². The molecule has 0 bridgehead atoms. The average Bonchev–Trinajstić information content (AvgIpc) is 2.47. The van der Waals surface area contributed by atoms with E-state index in [1.165, 1.54) is 5.56 Å². The Morgan fingerprint density at radius 3 is 2.62 bits per heavy atom. The molecule has 0 atom stereocenters. The first kappa shape index (κ1) is 15.4. The lowest BCUT2D eigenvalue weighted by Gasteiger charge is -2.18. The standard InChI is InChI=1S/C14H19ClN6/c1-4-21(5-2)14-19-12(15)18-13(20-14)17-9-11-8-16-7-6-10(11)3/h6-8H,4-5,9H2,1-3H3,(H,17,18,19,20). The van der Waals surface area contributed by atoms with Crippen LogP contribution in [0, 0.1) is 6.92 Å². The van der Waals surface area contributed by atoms with Crippen LogP contribution in [0.4, 0.5) is 11.9 Å². The largest absolute Gasteiger partial charge is 0.350 e. The Bertz CT molecular complexity index is 600. The monoisotopic (exact) mass is 306 g/mol. The number of halogens is 1. The molecule has 21 heavy (non-hydrogen) atoms. The van der Waals surface area contributed by atoms with E-state index in [0.29, 0.717) is 18.4 Å². The predicted octanol–water partition coefficient (Wildman–Crippen LogP) is 2.69. The minimum absolute atomic E-state index is 0.192. The lowest BCUT2D eigenvalue weighted by atomic mass is 10.2. The van der Waals surface area contributed by atoms with E-state index in [-0.39, 0.29) is 5.28 Å². The van der Waals surface area contributed by atoms with Crippen LogP contribution in [-0.4, -0.2) is 33.0 Å². The van der Waals surface area contributed by atoms with Gasteiger partial charge in [0.25, 0.3) is 0 Å². The molecule has 7 heteroatoms. The zero-order valence-corrected chi connectivity index (χ0v) is 13.2. The summed E-state index contributed by atoms with van der Waals surface area (Å²) in [6.45, 7) is 8.37. The van der Waals surface area contributed by atoms with E-state index in [9.17, 15) is 0 Å². The van der Waals surface area contributed by atoms with Gasteiger partial charge in [-0.3, -0.25) is 4.98 Å². The summed E-state index contributed by atoms with van der Waals surface area (Å²) < 4.78 is 0. The van der Waals surface area contributed by atoms with Gasteiger partial charge in [-0.05, 0) is 49.6 Å². The van der Waals surface area contributed by atoms with Crippen molar-refractivity contribution in [3.8, 4) is 0 Å². The van der Waals surface area contributed by atoms with Crippen molar-refractivity contribution in [3.63, 3.8) is 0 Å². The van der Waals surface area contributed by atoms with E-state index in [4.69, 9.17) is 11.6 Å². The topological polar surface area (TPSA) is 66.8 Å². The molecule has 0 amide bonds. The van der Waals surface area contributed by atoms with Crippen molar-refractivity contribution < 1.29 is 0 Å². The SMILES string of the molecule is CCN(CC)c1nc(Cl)nc(NCc2cnccc2C)n1. The molecule has 0 fully saturated rings. The zero-order valence-electron chi connectivity index (χ0n) is 12.5. The Labute approximate surface area is 129 Å². The molecule has 0 spiro atoms. The van der Waals surface area contributed by atoms with Gasteiger partial charge in [0, 0.05) is 32.0 Å². The summed E-state index contributed by atoms with van der Waals surface area (Å²) in [7, 11) is 0. The lowest BCUT2D eigenvalue weighted by Crippen LogP contribution is -2.25. The van der Waals surface area contributed by atoms with E-state index >= 15 is 0 Å². The minimum Gasteiger partial charge on any atom is -0.350 e. The van der Waals surface area contributed by atoms with Gasteiger partial charge in [-0.2, -0.15) is 15.0 Å². The maximum absolute atomic E-state index is 5.98. The molecule has 0 unspecified atom stereocenters. The molecule has 0 aliphatic carbocycles. The van der Waals surface area contributed by atoms with Crippen LogP contribution in [0.5, 0.6) is 0 Å². The number of anilines is 2. The van der Waals surface area contributed by atoms with Crippen molar-refractivity contribution in [1.29, 1.82) is 0 Å². The molecule has 2 rings (SSSR count). The van der Waals surface area contributed by atoms with Crippen molar-refractivity contribution in [2.45, 2.75) is 27.3 Å². The van der Waals surface area contributed by atoms with Crippen molar-refractivity contribution in [2.24, 2.45) is 0 Å². The van der Waals surface area contributed by atoms with Gasteiger partial charge >= 0.3 is 0 Å². The normalized spacial score (nSPS) is 10.5. The fraction of sp³-hybridized carbons (Fsp3) is 0.429. The Hall–Kier alpha value is -1.95. The number of hydrogen-bond donors (Lipinski definition) is 1. The van der Waals surface area contributed by atoms with Crippen LogP contribution in [0.1, 0.15) is 25.0 Å². The maximum atomic E-state index is 5.98. The second kappa shape index (κ2) is 7.17. The Balaban J connectivity index is 2.15. The molecule has 0 saturated heterocycles. The first-order valence-corrected chi connectivity index (χ1v) is 7.31. The second-order valence-corrected chi connectivity index (χ2v) is 4.89. The van der Waals surface area contributed by atoms with E-state index in [1.807, 2.05) is 37.9 Å². The number of hydrogen-bond acceptors (Lipinski definition) is 6. The molecule has 0 aromatic carbocycles. The first-order valence-electron chi connectivity index (χ1n) is 6.94. The number of nitrogens with one attached hydrogen (secondary N) is 1. The fourth-order valence-electron chi connectivity index (χ4n) is 1.92. The van der Waals surface area contributed by atoms with E-state index < -0.39 is 0 Å². The van der Waals surface area contributed by atoms with Gasteiger partial charge in [0.05, 0.1) is 0 Å². The van der Waals surface area contributed by atoms with Gasteiger partial charge in [-0.15, -0.1) is 0 Å². The number of aromatic nitrogens is 4. The van der Waals surface area contributed by atoms with Crippen LogP contribution in [0.15, 0.2) is 18.5 Å². The molecule has 2 aromatic rings. The van der Waals surface area contributed by atoms with Crippen LogP contribution in [0.3, 0.4) is 0 Å². The lowest BCUT2D eigenvalue weighted by molar-refractivity contribution is 0.811. The highest BCUT2D eigenvalue weighted by Crippen LogP contribution is 2.14. The van der Waals surface area contributed by atoms with Gasteiger partial charge in [0.15, 0.2) is 0 Å². The van der Waals surface area contributed by atoms with Crippen LogP contribution in [-0.2, 0) is 6.54 Å². The first-order chi connectivity index (χ1) is 10.1. The third kappa shape index (κ3) is 4.01. The van der Waals surface area contributed by atoms with Crippen molar-refractivity contribution >= 4 is 23.5 Å². The molecule has 2 heterocycles. The second-order valence-electron chi connectivity index (χ2n) is 4.56. The van der Waals surface area contributed by atoms with Gasteiger partial charge in [-0.1, -0.05) is 0 Å². The van der Waals surface area contributed by atoms with Gasteiger partial charge in [0.1, 0.15) is 0 Å². The molecular formula is C14H19ClN6. The molecule has 112 valence electrons.